The molecule has 1 heterocycles. The molecule has 0 spiro atoms. The molecule has 0 amide bonds. The van der Waals surface area contributed by atoms with Gasteiger partial charge in [-0.25, -0.2) is 9.37 Å². The van der Waals surface area contributed by atoms with E-state index in [1.807, 2.05) is 13.0 Å². The number of rotatable bonds is 3. The molecule has 0 bridgehead atoms. The van der Waals surface area contributed by atoms with Crippen molar-refractivity contribution in [1.29, 1.82) is 0 Å². The van der Waals surface area contributed by atoms with Crippen molar-refractivity contribution in [3.63, 3.8) is 0 Å². The van der Waals surface area contributed by atoms with Crippen molar-refractivity contribution in [2.24, 2.45) is 5.73 Å². The molecule has 0 fully saturated rings. The molecular formula is C14H15FN2O. The number of benzene rings is 1. The number of hydrogen-bond donors (Lipinski definition) is 1. The first kappa shape index (κ1) is 12.5. The third-order valence-corrected chi connectivity index (χ3v) is 2.64. The summed E-state index contributed by atoms with van der Waals surface area (Å²) >= 11 is 0. The second-order valence-electron chi connectivity index (χ2n) is 4.23. The Balaban J connectivity index is 2.25. The van der Waals surface area contributed by atoms with Gasteiger partial charge in [0.1, 0.15) is 11.6 Å². The molecule has 1 aromatic heterocycles. The Morgan fingerprint density at radius 3 is 2.72 bits per heavy atom. The van der Waals surface area contributed by atoms with Crippen LogP contribution in [-0.4, -0.2) is 4.98 Å². The molecule has 94 valence electrons. The molecule has 2 N–H and O–H groups in total. The molecular weight excluding hydrogens is 231 g/mol. The number of hydrogen-bond acceptors (Lipinski definition) is 3. The summed E-state index contributed by atoms with van der Waals surface area (Å²) in [5, 5.41) is 0. The lowest BCUT2D eigenvalue weighted by molar-refractivity contribution is 0.456. The molecule has 0 saturated carbocycles. The average molecular weight is 246 g/mol. The quantitative estimate of drug-likeness (QED) is 0.903. The van der Waals surface area contributed by atoms with Crippen molar-refractivity contribution in [2.75, 3.05) is 0 Å². The number of halogens is 1. The zero-order valence-electron chi connectivity index (χ0n) is 10.4. The van der Waals surface area contributed by atoms with Gasteiger partial charge in [0.15, 0.2) is 0 Å². The third-order valence-electron chi connectivity index (χ3n) is 2.64. The van der Waals surface area contributed by atoms with Gasteiger partial charge in [-0.1, -0.05) is 0 Å². The molecule has 4 heteroatoms. The summed E-state index contributed by atoms with van der Waals surface area (Å²) in [7, 11) is 0. The number of aryl methyl sites for hydroxylation is 1. The minimum atomic E-state index is -0.280. The van der Waals surface area contributed by atoms with Crippen LogP contribution in [0.2, 0.25) is 0 Å². The Hall–Kier alpha value is -1.94. The predicted molar refractivity (Wildman–Crippen MR) is 68.1 cm³/mol. The van der Waals surface area contributed by atoms with Crippen LogP contribution in [0.4, 0.5) is 4.39 Å². The van der Waals surface area contributed by atoms with E-state index in [2.05, 4.69) is 4.98 Å². The summed E-state index contributed by atoms with van der Waals surface area (Å²) < 4.78 is 18.6. The molecule has 0 saturated heterocycles. The fraction of sp³-hybridized carbons (Fsp3) is 0.214. The third kappa shape index (κ3) is 2.84. The lowest BCUT2D eigenvalue weighted by Gasteiger charge is -2.10. The van der Waals surface area contributed by atoms with Crippen molar-refractivity contribution < 1.29 is 9.13 Å². The first-order valence-corrected chi connectivity index (χ1v) is 5.72. The smallest absolute Gasteiger partial charge is 0.219 e. The van der Waals surface area contributed by atoms with Crippen molar-refractivity contribution in [2.45, 2.75) is 19.9 Å². The van der Waals surface area contributed by atoms with E-state index in [1.54, 1.807) is 25.3 Å². The summed E-state index contributed by atoms with van der Waals surface area (Å²) in [6.45, 7) is 3.68. The van der Waals surface area contributed by atoms with E-state index < -0.39 is 0 Å². The molecule has 1 aromatic carbocycles. The van der Waals surface area contributed by atoms with E-state index in [-0.39, 0.29) is 11.9 Å². The van der Waals surface area contributed by atoms with Gasteiger partial charge in [0.25, 0.3) is 0 Å². The van der Waals surface area contributed by atoms with Crippen LogP contribution in [0.25, 0.3) is 0 Å². The highest BCUT2D eigenvalue weighted by Gasteiger charge is 2.06. The highest BCUT2D eigenvalue weighted by Crippen LogP contribution is 2.25. The molecule has 0 aliphatic carbocycles. The minimum Gasteiger partial charge on any atom is -0.439 e. The summed E-state index contributed by atoms with van der Waals surface area (Å²) in [6, 6.07) is 7.92. The zero-order chi connectivity index (χ0) is 13.1. The Morgan fingerprint density at radius 1 is 1.28 bits per heavy atom. The second kappa shape index (κ2) is 5.14. The molecule has 2 aromatic rings. The topological polar surface area (TPSA) is 48.1 Å². The molecule has 3 nitrogen and oxygen atoms in total. The van der Waals surface area contributed by atoms with Gasteiger partial charge in [-0.05, 0) is 49.2 Å². The predicted octanol–water partition coefficient (Wildman–Crippen LogP) is 3.34. The van der Waals surface area contributed by atoms with Gasteiger partial charge in [0, 0.05) is 18.3 Å². The van der Waals surface area contributed by atoms with Crippen LogP contribution in [0.3, 0.4) is 0 Å². The van der Waals surface area contributed by atoms with E-state index >= 15 is 0 Å². The van der Waals surface area contributed by atoms with Crippen LogP contribution < -0.4 is 10.5 Å². The molecule has 0 aliphatic heterocycles. The minimum absolute atomic E-state index is 0.0790. The van der Waals surface area contributed by atoms with Gasteiger partial charge in [0.05, 0.1) is 0 Å². The number of pyridine rings is 1. The van der Waals surface area contributed by atoms with Crippen LogP contribution in [0.1, 0.15) is 24.1 Å². The first-order chi connectivity index (χ1) is 8.56. The van der Waals surface area contributed by atoms with Crippen LogP contribution in [0, 0.1) is 12.7 Å². The average Bonchev–Trinajstić information content (AvgIpc) is 2.33. The Morgan fingerprint density at radius 2 is 2.06 bits per heavy atom. The standard InChI is InChI=1S/C14H15FN2O/c1-9-7-12(15)3-4-13(9)18-14-8-11(10(2)16)5-6-17-14/h3-8,10H,16H2,1-2H3/t10-/m0/s1. The van der Waals surface area contributed by atoms with Gasteiger partial charge in [-0.2, -0.15) is 0 Å². The lowest BCUT2D eigenvalue weighted by Crippen LogP contribution is -2.05. The van der Waals surface area contributed by atoms with E-state index in [0.29, 0.717) is 11.6 Å². The number of ether oxygens (including phenoxy) is 1. The maximum Gasteiger partial charge on any atom is 0.219 e. The van der Waals surface area contributed by atoms with Crippen LogP contribution in [0.5, 0.6) is 11.6 Å². The van der Waals surface area contributed by atoms with Crippen LogP contribution in [0.15, 0.2) is 36.5 Å². The molecule has 1 atom stereocenters. The first-order valence-electron chi connectivity index (χ1n) is 5.72. The number of aromatic nitrogens is 1. The maximum atomic E-state index is 13.0. The SMILES string of the molecule is Cc1cc(F)ccc1Oc1cc([C@H](C)N)ccn1. The summed E-state index contributed by atoms with van der Waals surface area (Å²) in [5.74, 6) is 0.766. The summed E-state index contributed by atoms with van der Waals surface area (Å²) in [6.07, 6.45) is 1.65. The van der Waals surface area contributed by atoms with E-state index in [0.717, 1.165) is 11.1 Å². The largest absolute Gasteiger partial charge is 0.439 e. The van der Waals surface area contributed by atoms with Crippen molar-refractivity contribution in [3.8, 4) is 11.6 Å². The molecule has 0 radical (unpaired) electrons. The molecule has 0 unspecified atom stereocenters. The Bertz CT molecular complexity index is 555. The van der Waals surface area contributed by atoms with Crippen LogP contribution >= 0.6 is 0 Å². The van der Waals surface area contributed by atoms with Crippen molar-refractivity contribution >= 4 is 0 Å². The highest BCUT2D eigenvalue weighted by molar-refractivity contribution is 5.36. The molecule has 18 heavy (non-hydrogen) atoms. The van der Waals surface area contributed by atoms with Crippen molar-refractivity contribution in [1.82, 2.24) is 4.98 Å². The van der Waals surface area contributed by atoms with Crippen LogP contribution in [-0.2, 0) is 0 Å². The second-order valence-corrected chi connectivity index (χ2v) is 4.23. The Labute approximate surface area is 105 Å². The highest BCUT2D eigenvalue weighted by atomic mass is 19.1. The van der Waals surface area contributed by atoms with Gasteiger partial charge < -0.3 is 10.5 Å². The number of nitrogens with zero attached hydrogens (tertiary/aromatic N) is 1. The van der Waals surface area contributed by atoms with Gasteiger partial charge in [0.2, 0.25) is 5.88 Å². The van der Waals surface area contributed by atoms with E-state index in [1.165, 1.54) is 12.1 Å². The molecule has 0 aliphatic rings. The lowest BCUT2D eigenvalue weighted by atomic mass is 10.1. The zero-order valence-corrected chi connectivity index (χ0v) is 10.4. The molecule has 2 rings (SSSR count). The fourth-order valence-corrected chi connectivity index (χ4v) is 1.60. The number of nitrogens with two attached hydrogens (primary N) is 1. The fourth-order valence-electron chi connectivity index (χ4n) is 1.60. The Kier molecular flexibility index (Phi) is 3.58. The van der Waals surface area contributed by atoms with E-state index in [4.69, 9.17) is 10.5 Å². The normalized spacial score (nSPS) is 12.2. The summed E-state index contributed by atoms with van der Waals surface area (Å²) in [5.41, 5.74) is 7.46. The van der Waals surface area contributed by atoms with E-state index in [9.17, 15) is 4.39 Å². The van der Waals surface area contributed by atoms with Gasteiger partial charge in [-0.3, -0.25) is 0 Å². The summed E-state index contributed by atoms with van der Waals surface area (Å²) in [4.78, 5) is 4.11. The maximum absolute atomic E-state index is 13.0. The monoisotopic (exact) mass is 246 g/mol. The van der Waals surface area contributed by atoms with Crippen molar-refractivity contribution in [3.05, 3.63) is 53.5 Å². The van der Waals surface area contributed by atoms with Gasteiger partial charge >= 0.3 is 0 Å². The van der Waals surface area contributed by atoms with Gasteiger partial charge in [-0.15, -0.1) is 0 Å².